The van der Waals surface area contributed by atoms with E-state index in [1.807, 2.05) is 0 Å². The molecule has 0 aliphatic carbocycles. The van der Waals surface area contributed by atoms with Crippen LogP contribution in [0.2, 0.25) is 0 Å². The van der Waals surface area contributed by atoms with Crippen LogP contribution in [0.5, 0.6) is 0 Å². The number of ether oxygens (including phenoxy) is 1. The van der Waals surface area contributed by atoms with Crippen LogP contribution in [0.15, 0.2) is 0 Å². The molecule has 0 N–H and O–H groups in total. The molecule has 0 aromatic carbocycles. The lowest BCUT2D eigenvalue weighted by molar-refractivity contribution is 0.237. The first kappa shape index (κ1) is 20.2. The molecule has 1 nitrogen and oxygen atoms in total. The zero-order chi connectivity index (χ0) is 14.3. The molecule has 0 aromatic heterocycles. The van der Waals surface area contributed by atoms with Crippen molar-refractivity contribution >= 4 is 45.0 Å². The molecule has 0 rings (SSSR count). The quantitative estimate of drug-likeness (QED) is 0.331. The first-order valence-electron chi connectivity index (χ1n) is 7.42. The Morgan fingerprint density at radius 2 is 1.16 bits per heavy atom. The van der Waals surface area contributed by atoms with Gasteiger partial charge in [-0.25, -0.2) is 21.8 Å². The number of alkyl halides is 2. The average Bonchev–Trinajstić information content (AvgIpc) is 2.42. The summed E-state index contributed by atoms with van der Waals surface area (Å²) in [6, 6.07) is 0. The van der Waals surface area contributed by atoms with Gasteiger partial charge >= 0.3 is 0 Å². The highest BCUT2D eigenvalue weighted by molar-refractivity contribution is 8.17. The first-order valence-corrected chi connectivity index (χ1v) is 12.3. The van der Waals surface area contributed by atoms with Crippen LogP contribution < -0.4 is 0 Å². The predicted molar refractivity (Wildman–Crippen MR) is 99.5 cm³/mol. The summed E-state index contributed by atoms with van der Waals surface area (Å²) in [6.45, 7) is 4.50. The number of hydrogen-bond acceptors (Lipinski definition) is 1. The second-order valence-electron chi connectivity index (χ2n) is 4.78. The summed E-state index contributed by atoms with van der Waals surface area (Å²) in [4.78, 5) is 0. The van der Waals surface area contributed by atoms with Crippen LogP contribution in [0.25, 0.3) is 0 Å². The lowest BCUT2D eigenvalue weighted by Crippen LogP contribution is -2.08. The first-order chi connectivity index (χ1) is 9.28. The molecule has 0 radical (unpaired) electrons. The molecule has 0 aliphatic heterocycles. The van der Waals surface area contributed by atoms with Gasteiger partial charge < -0.3 is 4.74 Å². The molecule has 19 heavy (non-hydrogen) atoms. The Morgan fingerprint density at radius 3 is 1.47 bits per heavy atom. The maximum absolute atomic E-state index is 6.00. The van der Waals surface area contributed by atoms with Gasteiger partial charge in [-0.05, 0) is 35.9 Å². The largest absolute Gasteiger partial charge is 0.364 e. The van der Waals surface area contributed by atoms with E-state index in [4.69, 9.17) is 27.9 Å². The summed E-state index contributed by atoms with van der Waals surface area (Å²) in [5.41, 5.74) is 0. The molecule has 0 saturated heterocycles. The van der Waals surface area contributed by atoms with Crippen LogP contribution in [-0.4, -0.2) is 46.6 Å². The third kappa shape index (κ3) is 12.7. The Morgan fingerprint density at radius 1 is 0.737 bits per heavy atom. The van der Waals surface area contributed by atoms with Gasteiger partial charge in [0.05, 0.1) is 11.9 Å². The van der Waals surface area contributed by atoms with Crippen molar-refractivity contribution in [2.24, 2.45) is 0 Å². The van der Waals surface area contributed by atoms with Crippen molar-refractivity contribution in [3.63, 3.8) is 0 Å². The number of halogens is 2. The van der Waals surface area contributed by atoms with Gasteiger partial charge in [0.1, 0.15) is 0 Å². The van der Waals surface area contributed by atoms with Crippen molar-refractivity contribution < 1.29 is 4.74 Å². The van der Waals surface area contributed by atoms with Gasteiger partial charge in [0.25, 0.3) is 0 Å². The maximum Gasteiger partial charge on any atom is 0.0758 e. The van der Waals surface area contributed by atoms with Crippen molar-refractivity contribution in [1.29, 1.82) is 0 Å². The van der Waals surface area contributed by atoms with E-state index in [1.54, 1.807) is 0 Å². The smallest absolute Gasteiger partial charge is 0.0758 e. The van der Waals surface area contributed by atoms with Gasteiger partial charge in [0.15, 0.2) is 0 Å². The maximum atomic E-state index is 6.00. The topological polar surface area (TPSA) is 9.23 Å². The Labute approximate surface area is 135 Å². The van der Waals surface area contributed by atoms with E-state index in [2.05, 4.69) is 13.8 Å². The average molecular weight is 351 g/mol. The van der Waals surface area contributed by atoms with Crippen molar-refractivity contribution in [3.8, 4) is 0 Å². The highest BCUT2D eigenvalue weighted by atomic mass is 35.5. The number of rotatable bonds is 14. The monoisotopic (exact) mass is 350 g/mol. The van der Waals surface area contributed by atoms with E-state index in [-0.39, 0.29) is 21.8 Å². The molecule has 0 spiro atoms. The fourth-order valence-corrected chi connectivity index (χ4v) is 7.03. The molecule has 0 fully saturated rings. The van der Waals surface area contributed by atoms with Crippen LogP contribution in [-0.2, 0) is 4.74 Å². The molecule has 0 aliphatic rings. The number of unbranched alkanes of at least 4 members (excludes halogenated alkanes) is 2. The zero-order valence-electron chi connectivity index (χ0n) is 12.5. The van der Waals surface area contributed by atoms with E-state index >= 15 is 0 Å². The van der Waals surface area contributed by atoms with Crippen LogP contribution in [0, 0.1) is 0 Å². The van der Waals surface area contributed by atoms with Crippen molar-refractivity contribution in [2.75, 3.05) is 46.6 Å². The van der Waals surface area contributed by atoms with Gasteiger partial charge in [-0.2, -0.15) is 0 Å². The number of hydrogen-bond donors (Lipinski definition) is 2. The molecule has 5 heteroatoms. The Hall–Kier alpha value is 1.24. The Kier molecular flexibility index (Phi) is 16.6. The lowest BCUT2D eigenvalue weighted by atomic mass is 10.4. The molecule has 0 aromatic rings. The molecular weight excluding hydrogens is 319 g/mol. The van der Waals surface area contributed by atoms with E-state index in [0.29, 0.717) is 0 Å². The molecule has 2 atom stereocenters. The highest BCUT2D eigenvalue weighted by Gasteiger charge is 2.07. The Bertz CT molecular complexity index is 167. The fraction of sp³-hybridized carbons (Fsp3) is 1.00. The summed E-state index contributed by atoms with van der Waals surface area (Å²) in [5.74, 6) is 8.42. The third-order valence-electron chi connectivity index (χ3n) is 3.00. The normalized spacial score (nSPS) is 16.4. The molecule has 120 valence electrons. The summed E-state index contributed by atoms with van der Waals surface area (Å²) in [6.07, 6.45) is 5.18. The molecule has 2 unspecified atom stereocenters. The van der Waals surface area contributed by atoms with Crippen molar-refractivity contribution in [1.82, 2.24) is 0 Å². The minimum atomic E-state index is 0.00375. The summed E-state index contributed by atoms with van der Waals surface area (Å²) >= 11 is 11.8. The molecule has 0 bridgehead atoms. The SMILES string of the molecule is CCCC[SH](CCCl)COC[SH](CCCl)CCCC. The number of thiol groups is 2. The van der Waals surface area contributed by atoms with Crippen LogP contribution in [0.1, 0.15) is 39.5 Å². The van der Waals surface area contributed by atoms with Gasteiger partial charge in [0, 0.05) is 11.8 Å². The van der Waals surface area contributed by atoms with Gasteiger partial charge in [-0.15, -0.1) is 23.2 Å². The summed E-state index contributed by atoms with van der Waals surface area (Å²) < 4.78 is 6.00. The van der Waals surface area contributed by atoms with E-state index in [1.165, 1.54) is 37.2 Å². The van der Waals surface area contributed by atoms with Gasteiger partial charge in [-0.3, -0.25) is 0 Å². The molecule has 0 amide bonds. The fourth-order valence-electron chi connectivity index (χ4n) is 1.78. The van der Waals surface area contributed by atoms with Crippen LogP contribution >= 0.6 is 45.0 Å². The second kappa shape index (κ2) is 15.6. The van der Waals surface area contributed by atoms with Crippen LogP contribution in [0.3, 0.4) is 0 Å². The van der Waals surface area contributed by atoms with E-state index in [9.17, 15) is 0 Å². The van der Waals surface area contributed by atoms with Crippen LogP contribution in [0.4, 0.5) is 0 Å². The van der Waals surface area contributed by atoms with E-state index < -0.39 is 0 Å². The third-order valence-corrected chi connectivity index (χ3v) is 8.61. The van der Waals surface area contributed by atoms with Crippen molar-refractivity contribution in [3.05, 3.63) is 0 Å². The summed E-state index contributed by atoms with van der Waals surface area (Å²) in [7, 11) is 0.00750. The van der Waals surface area contributed by atoms with Gasteiger partial charge in [-0.1, -0.05) is 26.7 Å². The molecular formula is C14H32Cl2OS2. The lowest BCUT2D eigenvalue weighted by Gasteiger charge is -2.24. The van der Waals surface area contributed by atoms with E-state index in [0.717, 1.165) is 35.1 Å². The second-order valence-corrected chi connectivity index (χ2v) is 10.5. The predicted octanol–water partition coefficient (Wildman–Crippen LogP) is 5.00. The summed E-state index contributed by atoms with van der Waals surface area (Å²) in [5, 5.41) is 0. The van der Waals surface area contributed by atoms with Gasteiger partial charge in [0.2, 0.25) is 0 Å². The minimum Gasteiger partial charge on any atom is -0.364 e. The van der Waals surface area contributed by atoms with Crippen molar-refractivity contribution in [2.45, 2.75) is 39.5 Å². The minimum absolute atomic E-state index is 0.00375. The zero-order valence-corrected chi connectivity index (χ0v) is 15.8. The standard InChI is InChI=1S/C14H32Cl2OS2/c1-3-5-9-18(11-7-15)13-17-14-19(12-8-16)10-6-4-2/h18-19H,3-14H2,1-2H3. The molecule has 0 heterocycles. The highest BCUT2D eigenvalue weighted by Crippen LogP contribution is 2.31. The Balaban J connectivity index is 3.83. The molecule has 0 saturated carbocycles.